The van der Waals surface area contributed by atoms with Gasteiger partial charge in [0.2, 0.25) is 0 Å². The maximum Gasteiger partial charge on any atom is 0.127 e. The summed E-state index contributed by atoms with van der Waals surface area (Å²) in [6.07, 6.45) is 0.820. The maximum atomic E-state index is 13.4. The van der Waals surface area contributed by atoms with Crippen LogP contribution in [0.3, 0.4) is 0 Å². The zero-order valence-electron chi connectivity index (χ0n) is 9.05. The summed E-state index contributed by atoms with van der Waals surface area (Å²) in [4.78, 5) is 0. The molecular weight excluding hydrogens is 177 g/mol. The molecule has 1 nitrogen and oxygen atoms in total. The Morgan fingerprint density at radius 1 is 1.36 bits per heavy atom. The minimum atomic E-state index is -0.191. The third kappa shape index (κ3) is 2.81. The van der Waals surface area contributed by atoms with Gasteiger partial charge in [-0.2, -0.15) is 0 Å². The molecule has 1 aromatic rings. The predicted octanol–water partition coefficient (Wildman–Crippen LogP) is 3.18. The minimum Gasteiger partial charge on any atom is -0.324 e. The minimum absolute atomic E-state index is 0.185. The summed E-state index contributed by atoms with van der Waals surface area (Å²) in [7, 11) is 0. The molecule has 2 N–H and O–H groups in total. The Hall–Kier alpha value is -0.890. The standard InChI is InChI=1S/C12H18FN/c1-8(2)6-12(14)10-7-9(3)4-5-11(10)13/h4-5,7-8,12H,6,14H2,1-3H3/t12-/m1/s1. The van der Waals surface area contributed by atoms with Gasteiger partial charge in [0.25, 0.3) is 0 Å². The molecular formula is C12H18FN. The molecule has 0 fully saturated rings. The lowest BCUT2D eigenvalue weighted by atomic mass is 9.96. The topological polar surface area (TPSA) is 26.0 Å². The number of halogens is 1. The highest BCUT2D eigenvalue weighted by atomic mass is 19.1. The normalized spacial score (nSPS) is 13.3. The smallest absolute Gasteiger partial charge is 0.127 e. The average molecular weight is 195 g/mol. The van der Waals surface area contributed by atoms with Crippen LogP contribution < -0.4 is 5.73 Å². The zero-order valence-corrected chi connectivity index (χ0v) is 9.05. The van der Waals surface area contributed by atoms with Crippen molar-refractivity contribution in [2.75, 3.05) is 0 Å². The summed E-state index contributed by atoms with van der Waals surface area (Å²) >= 11 is 0. The van der Waals surface area contributed by atoms with Crippen LogP contribution in [-0.4, -0.2) is 0 Å². The van der Waals surface area contributed by atoms with Crippen molar-refractivity contribution in [3.63, 3.8) is 0 Å². The Morgan fingerprint density at radius 3 is 2.57 bits per heavy atom. The van der Waals surface area contributed by atoms with Crippen LogP contribution in [-0.2, 0) is 0 Å². The van der Waals surface area contributed by atoms with Gasteiger partial charge in [-0.1, -0.05) is 31.5 Å². The van der Waals surface area contributed by atoms with Crippen LogP contribution in [0.5, 0.6) is 0 Å². The molecule has 0 aliphatic heterocycles. The largest absolute Gasteiger partial charge is 0.324 e. The molecule has 0 unspecified atom stereocenters. The lowest BCUT2D eigenvalue weighted by molar-refractivity contribution is 0.488. The molecule has 1 atom stereocenters. The fraction of sp³-hybridized carbons (Fsp3) is 0.500. The van der Waals surface area contributed by atoms with E-state index in [1.165, 1.54) is 6.07 Å². The van der Waals surface area contributed by atoms with Crippen molar-refractivity contribution in [3.8, 4) is 0 Å². The van der Waals surface area contributed by atoms with Gasteiger partial charge in [0.1, 0.15) is 5.82 Å². The van der Waals surface area contributed by atoms with E-state index in [9.17, 15) is 4.39 Å². The van der Waals surface area contributed by atoms with E-state index < -0.39 is 0 Å². The summed E-state index contributed by atoms with van der Waals surface area (Å²) in [5.41, 5.74) is 7.62. The number of rotatable bonds is 3. The second kappa shape index (κ2) is 4.56. The first kappa shape index (κ1) is 11.2. The molecule has 0 aliphatic carbocycles. The lowest BCUT2D eigenvalue weighted by Gasteiger charge is -2.15. The number of hydrogen-bond acceptors (Lipinski definition) is 1. The van der Waals surface area contributed by atoms with E-state index in [0.717, 1.165) is 12.0 Å². The van der Waals surface area contributed by atoms with Gasteiger partial charge in [-0.05, 0) is 25.3 Å². The molecule has 1 rings (SSSR count). The molecule has 0 heterocycles. The Labute approximate surface area is 85.1 Å². The van der Waals surface area contributed by atoms with Gasteiger partial charge in [-0.15, -0.1) is 0 Å². The quantitative estimate of drug-likeness (QED) is 0.787. The molecule has 0 radical (unpaired) electrons. The van der Waals surface area contributed by atoms with Crippen LogP contribution in [0.2, 0.25) is 0 Å². The number of nitrogens with two attached hydrogens (primary N) is 1. The first-order valence-corrected chi connectivity index (χ1v) is 5.02. The molecule has 0 amide bonds. The Bertz CT molecular complexity index is 307. The molecule has 14 heavy (non-hydrogen) atoms. The van der Waals surface area contributed by atoms with Crippen LogP contribution in [0.4, 0.5) is 4.39 Å². The van der Waals surface area contributed by atoms with Crippen LogP contribution in [0.15, 0.2) is 18.2 Å². The molecule has 0 saturated carbocycles. The van der Waals surface area contributed by atoms with Crippen LogP contribution >= 0.6 is 0 Å². The third-order valence-electron chi connectivity index (χ3n) is 2.28. The van der Waals surface area contributed by atoms with Crippen molar-refractivity contribution in [1.29, 1.82) is 0 Å². The van der Waals surface area contributed by atoms with E-state index in [4.69, 9.17) is 5.73 Å². The van der Waals surface area contributed by atoms with E-state index in [2.05, 4.69) is 13.8 Å². The maximum absolute atomic E-state index is 13.4. The van der Waals surface area contributed by atoms with Crippen LogP contribution in [0, 0.1) is 18.7 Å². The Balaban J connectivity index is 2.88. The molecule has 0 aromatic heterocycles. The number of hydrogen-bond donors (Lipinski definition) is 1. The molecule has 0 aliphatic rings. The summed E-state index contributed by atoms with van der Waals surface area (Å²) in [5.74, 6) is 0.300. The molecule has 78 valence electrons. The van der Waals surface area contributed by atoms with Gasteiger partial charge in [-0.25, -0.2) is 4.39 Å². The van der Waals surface area contributed by atoms with Crippen molar-refractivity contribution in [2.24, 2.45) is 11.7 Å². The van der Waals surface area contributed by atoms with Gasteiger partial charge in [0.05, 0.1) is 0 Å². The van der Waals surface area contributed by atoms with Crippen molar-refractivity contribution in [2.45, 2.75) is 33.2 Å². The molecule has 2 heteroatoms. The van der Waals surface area contributed by atoms with Crippen LogP contribution in [0.25, 0.3) is 0 Å². The second-order valence-electron chi connectivity index (χ2n) is 4.26. The summed E-state index contributed by atoms with van der Waals surface area (Å²) in [6.45, 7) is 6.13. The highest BCUT2D eigenvalue weighted by Crippen LogP contribution is 2.22. The van der Waals surface area contributed by atoms with E-state index in [1.807, 2.05) is 13.0 Å². The first-order chi connectivity index (χ1) is 6.50. The van der Waals surface area contributed by atoms with Gasteiger partial charge in [0, 0.05) is 11.6 Å². The van der Waals surface area contributed by atoms with E-state index in [1.54, 1.807) is 6.07 Å². The van der Waals surface area contributed by atoms with Crippen molar-refractivity contribution in [3.05, 3.63) is 35.1 Å². The van der Waals surface area contributed by atoms with Crippen molar-refractivity contribution < 1.29 is 4.39 Å². The zero-order chi connectivity index (χ0) is 10.7. The van der Waals surface area contributed by atoms with E-state index >= 15 is 0 Å². The van der Waals surface area contributed by atoms with E-state index in [0.29, 0.717) is 11.5 Å². The van der Waals surface area contributed by atoms with Crippen LogP contribution in [0.1, 0.15) is 37.4 Å². The summed E-state index contributed by atoms with van der Waals surface area (Å²) < 4.78 is 13.4. The van der Waals surface area contributed by atoms with Gasteiger partial charge in [0.15, 0.2) is 0 Å². The average Bonchev–Trinajstić information content (AvgIpc) is 2.08. The highest BCUT2D eigenvalue weighted by molar-refractivity contribution is 5.26. The Kier molecular flexibility index (Phi) is 3.64. The number of aryl methyl sites for hydroxylation is 1. The van der Waals surface area contributed by atoms with Gasteiger partial charge in [-0.3, -0.25) is 0 Å². The van der Waals surface area contributed by atoms with E-state index in [-0.39, 0.29) is 11.9 Å². The monoisotopic (exact) mass is 195 g/mol. The van der Waals surface area contributed by atoms with Gasteiger partial charge >= 0.3 is 0 Å². The molecule has 0 bridgehead atoms. The molecule has 0 spiro atoms. The highest BCUT2D eigenvalue weighted by Gasteiger charge is 2.12. The lowest BCUT2D eigenvalue weighted by Crippen LogP contribution is -2.14. The number of benzene rings is 1. The molecule has 1 aromatic carbocycles. The fourth-order valence-electron chi connectivity index (χ4n) is 1.58. The SMILES string of the molecule is Cc1ccc(F)c([C@H](N)CC(C)C)c1. The molecule has 0 saturated heterocycles. The third-order valence-corrected chi connectivity index (χ3v) is 2.28. The van der Waals surface area contributed by atoms with Crippen molar-refractivity contribution in [1.82, 2.24) is 0 Å². The second-order valence-corrected chi connectivity index (χ2v) is 4.26. The summed E-state index contributed by atoms with van der Waals surface area (Å²) in [5, 5.41) is 0. The Morgan fingerprint density at radius 2 is 2.00 bits per heavy atom. The predicted molar refractivity (Wildman–Crippen MR) is 57.5 cm³/mol. The first-order valence-electron chi connectivity index (χ1n) is 5.02. The van der Waals surface area contributed by atoms with Crippen molar-refractivity contribution >= 4 is 0 Å². The van der Waals surface area contributed by atoms with Gasteiger partial charge < -0.3 is 5.73 Å². The summed E-state index contributed by atoms with van der Waals surface area (Å²) in [6, 6.07) is 4.91. The fourth-order valence-corrected chi connectivity index (χ4v) is 1.58.